The van der Waals surface area contributed by atoms with Crippen LogP contribution in [0.25, 0.3) is 0 Å². The molecule has 236 valence electrons. The van der Waals surface area contributed by atoms with Gasteiger partial charge in [0.1, 0.15) is 12.6 Å². The molecule has 0 radical (unpaired) electrons. The first-order valence-corrected chi connectivity index (χ1v) is 13.3. The number of likely N-dealkylation sites (N-methyl/N-ethyl adjacent to an activating group) is 1. The molecule has 0 saturated carbocycles. The molecule has 2 amide bonds. The lowest BCUT2D eigenvalue weighted by atomic mass is 9.95. The van der Waals surface area contributed by atoms with E-state index >= 15 is 0 Å². The standard InChI is InChI=1S/C28H36N2O13/c1-8-29-23(27(43-20(7)36)30(28(29)37)21-12-10-9-11-13-21)25(41-18(5)34)26(42-19(6)35)24(40-17(4)33)22(39-16(3)32)14-38-15(2)31/h9-13,22-27H,8,14H2,1-7H3/t22-,23?,24-,25-,26-,27-/m1/s1. The first kappa shape index (κ1) is 34.5. The van der Waals surface area contributed by atoms with Gasteiger partial charge in [-0.25, -0.2) is 4.79 Å². The van der Waals surface area contributed by atoms with Crippen molar-refractivity contribution < 1.29 is 62.0 Å². The summed E-state index contributed by atoms with van der Waals surface area (Å²) in [4.78, 5) is 89.4. The fourth-order valence-electron chi connectivity index (χ4n) is 4.70. The summed E-state index contributed by atoms with van der Waals surface area (Å²) in [7, 11) is 0. The van der Waals surface area contributed by atoms with E-state index in [1.54, 1.807) is 37.3 Å². The summed E-state index contributed by atoms with van der Waals surface area (Å²) in [6.45, 7) is 7.28. The minimum absolute atomic E-state index is 0.00575. The Hall–Kier alpha value is -4.69. The molecular weight excluding hydrogens is 572 g/mol. The van der Waals surface area contributed by atoms with Crippen LogP contribution in [0.15, 0.2) is 30.3 Å². The first-order chi connectivity index (χ1) is 20.2. The number of hydrogen-bond acceptors (Lipinski definition) is 13. The molecule has 0 aliphatic carbocycles. The van der Waals surface area contributed by atoms with Gasteiger partial charge < -0.3 is 33.3 Å². The summed E-state index contributed by atoms with van der Waals surface area (Å²) >= 11 is 0. The van der Waals surface area contributed by atoms with Crippen LogP contribution < -0.4 is 4.90 Å². The van der Waals surface area contributed by atoms with E-state index in [0.29, 0.717) is 5.69 Å². The second-order valence-electron chi connectivity index (χ2n) is 9.44. The van der Waals surface area contributed by atoms with E-state index in [-0.39, 0.29) is 6.54 Å². The second-order valence-corrected chi connectivity index (χ2v) is 9.44. The quantitative estimate of drug-likeness (QED) is 0.232. The maximum Gasteiger partial charge on any atom is 0.328 e. The zero-order valence-corrected chi connectivity index (χ0v) is 25.0. The Kier molecular flexibility index (Phi) is 12.5. The molecule has 1 saturated heterocycles. The van der Waals surface area contributed by atoms with Gasteiger partial charge in [-0.1, -0.05) is 18.2 Å². The highest BCUT2D eigenvalue weighted by atomic mass is 16.6. The number of amides is 2. The number of benzene rings is 1. The van der Waals surface area contributed by atoms with E-state index in [4.69, 9.17) is 28.4 Å². The van der Waals surface area contributed by atoms with Crippen molar-refractivity contribution in [2.24, 2.45) is 0 Å². The average molecular weight is 609 g/mol. The van der Waals surface area contributed by atoms with Gasteiger partial charge in [0.25, 0.3) is 0 Å². The Labute approximate surface area is 248 Å². The van der Waals surface area contributed by atoms with Crippen molar-refractivity contribution in [3.8, 4) is 0 Å². The van der Waals surface area contributed by atoms with Crippen molar-refractivity contribution in [1.29, 1.82) is 0 Å². The third-order valence-electron chi connectivity index (χ3n) is 6.05. The summed E-state index contributed by atoms with van der Waals surface area (Å²) in [5, 5.41) is 0. The van der Waals surface area contributed by atoms with Gasteiger partial charge in [-0.05, 0) is 19.1 Å². The molecule has 1 aromatic rings. The predicted octanol–water partition coefficient (Wildman–Crippen LogP) is 1.50. The van der Waals surface area contributed by atoms with Gasteiger partial charge in [0, 0.05) is 53.8 Å². The molecule has 0 spiro atoms. The van der Waals surface area contributed by atoms with Gasteiger partial charge >= 0.3 is 41.8 Å². The van der Waals surface area contributed by atoms with Crippen molar-refractivity contribution in [3.63, 3.8) is 0 Å². The van der Waals surface area contributed by atoms with Crippen molar-refractivity contribution in [2.75, 3.05) is 18.1 Å². The van der Waals surface area contributed by atoms with Gasteiger partial charge in [-0.3, -0.25) is 33.7 Å². The van der Waals surface area contributed by atoms with Crippen molar-refractivity contribution in [3.05, 3.63) is 30.3 Å². The van der Waals surface area contributed by atoms with Crippen LogP contribution in [-0.2, 0) is 57.2 Å². The Morgan fingerprint density at radius 1 is 0.721 bits per heavy atom. The monoisotopic (exact) mass is 608 g/mol. The van der Waals surface area contributed by atoms with E-state index in [1.807, 2.05) is 0 Å². The lowest BCUT2D eigenvalue weighted by Gasteiger charge is -2.40. The summed E-state index contributed by atoms with van der Waals surface area (Å²) in [6.07, 6.45) is -8.24. The van der Waals surface area contributed by atoms with Crippen LogP contribution in [0.3, 0.4) is 0 Å². The maximum atomic E-state index is 13.8. The van der Waals surface area contributed by atoms with Crippen LogP contribution in [0, 0.1) is 0 Å². The number of nitrogens with zero attached hydrogens (tertiary/aromatic N) is 2. The van der Waals surface area contributed by atoms with Crippen LogP contribution in [0.4, 0.5) is 10.5 Å². The summed E-state index contributed by atoms with van der Waals surface area (Å²) < 4.78 is 32.6. The minimum atomic E-state index is -1.79. The van der Waals surface area contributed by atoms with E-state index in [0.717, 1.165) is 41.5 Å². The predicted molar refractivity (Wildman–Crippen MR) is 145 cm³/mol. The molecule has 1 aliphatic heterocycles. The third kappa shape index (κ3) is 9.41. The smallest absolute Gasteiger partial charge is 0.328 e. The van der Waals surface area contributed by atoms with E-state index in [9.17, 15) is 33.6 Å². The highest BCUT2D eigenvalue weighted by molar-refractivity contribution is 5.96. The van der Waals surface area contributed by atoms with Crippen molar-refractivity contribution >= 4 is 47.5 Å². The molecule has 1 heterocycles. The van der Waals surface area contributed by atoms with Gasteiger partial charge in [0.2, 0.25) is 6.23 Å². The van der Waals surface area contributed by atoms with E-state index < -0.39 is 85.1 Å². The molecule has 0 bridgehead atoms. The van der Waals surface area contributed by atoms with Gasteiger partial charge in [-0.2, -0.15) is 0 Å². The summed E-state index contributed by atoms with van der Waals surface area (Å²) in [5.74, 6) is -5.22. The lowest BCUT2D eigenvalue weighted by molar-refractivity contribution is -0.209. The fourth-order valence-corrected chi connectivity index (χ4v) is 4.70. The normalized spacial score (nSPS) is 18.9. The second kappa shape index (κ2) is 15.5. The van der Waals surface area contributed by atoms with Crippen LogP contribution in [0.1, 0.15) is 48.5 Å². The third-order valence-corrected chi connectivity index (χ3v) is 6.05. The zero-order valence-electron chi connectivity index (χ0n) is 25.0. The average Bonchev–Trinajstić information content (AvgIpc) is 3.16. The van der Waals surface area contributed by atoms with Crippen molar-refractivity contribution in [1.82, 2.24) is 4.90 Å². The number of esters is 6. The van der Waals surface area contributed by atoms with Crippen LogP contribution in [0.5, 0.6) is 0 Å². The number of hydrogen-bond donors (Lipinski definition) is 0. The molecule has 6 atom stereocenters. The fraction of sp³-hybridized carbons (Fsp3) is 0.536. The van der Waals surface area contributed by atoms with Gasteiger partial charge in [-0.15, -0.1) is 0 Å². The largest absolute Gasteiger partial charge is 0.462 e. The number of carbonyl (C=O) groups excluding carboxylic acids is 7. The van der Waals surface area contributed by atoms with Gasteiger partial charge in [0.15, 0.2) is 24.4 Å². The number of para-hydroxylation sites is 1. The summed E-state index contributed by atoms with van der Waals surface area (Å²) in [5.41, 5.74) is 0.328. The zero-order chi connectivity index (χ0) is 32.4. The molecular formula is C28H36N2O13. The lowest BCUT2D eigenvalue weighted by Crippen LogP contribution is -2.61. The van der Waals surface area contributed by atoms with Crippen molar-refractivity contribution in [2.45, 2.75) is 85.2 Å². The first-order valence-electron chi connectivity index (χ1n) is 13.3. The van der Waals surface area contributed by atoms with Crippen LogP contribution >= 0.6 is 0 Å². The molecule has 43 heavy (non-hydrogen) atoms. The Morgan fingerprint density at radius 3 is 1.72 bits per heavy atom. The molecule has 15 nitrogen and oxygen atoms in total. The highest BCUT2D eigenvalue weighted by Crippen LogP contribution is 2.35. The van der Waals surface area contributed by atoms with Gasteiger partial charge in [0.05, 0.1) is 0 Å². The molecule has 1 aromatic carbocycles. The van der Waals surface area contributed by atoms with Crippen LogP contribution in [-0.4, -0.2) is 96.6 Å². The van der Waals surface area contributed by atoms with E-state index in [2.05, 4.69) is 0 Å². The SMILES string of the molecule is CCN1C(=O)N(c2ccccc2)[C@H](OC(C)=O)C1[C@@H](OC(C)=O)[C@H](OC(C)=O)[C@H](OC(C)=O)[C@@H](COC(C)=O)OC(C)=O. The molecule has 1 unspecified atom stereocenters. The number of anilines is 1. The number of carbonyl (C=O) groups is 7. The highest BCUT2D eigenvalue weighted by Gasteiger charge is 2.58. The Bertz CT molecular complexity index is 1200. The number of rotatable bonds is 13. The molecule has 1 fully saturated rings. The maximum absolute atomic E-state index is 13.8. The Morgan fingerprint density at radius 2 is 1.26 bits per heavy atom. The molecule has 0 aromatic heterocycles. The number of ether oxygens (including phenoxy) is 6. The topological polar surface area (TPSA) is 181 Å². The minimum Gasteiger partial charge on any atom is -0.462 e. The molecule has 15 heteroatoms. The molecule has 0 N–H and O–H groups in total. The van der Waals surface area contributed by atoms with Crippen LogP contribution in [0.2, 0.25) is 0 Å². The molecule has 2 rings (SSSR count). The molecule has 1 aliphatic rings. The number of urea groups is 1. The Balaban J connectivity index is 2.84. The van der Waals surface area contributed by atoms with E-state index in [1.165, 1.54) is 9.80 Å². The summed E-state index contributed by atoms with van der Waals surface area (Å²) in [6, 6.07) is 6.18.